The van der Waals surface area contributed by atoms with Crippen LogP contribution in [-0.2, 0) is 6.42 Å². The molecule has 2 heterocycles. The van der Waals surface area contributed by atoms with Gasteiger partial charge in [0.15, 0.2) is 0 Å². The van der Waals surface area contributed by atoms with Gasteiger partial charge in [0.25, 0.3) is 0 Å². The van der Waals surface area contributed by atoms with Crippen LogP contribution in [0.2, 0.25) is 0 Å². The summed E-state index contributed by atoms with van der Waals surface area (Å²) in [5, 5.41) is 5.68. The van der Waals surface area contributed by atoms with Gasteiger partial charge in [-0.05, 0) is 52.2 Å². The van der Waals surface area contributed by atoms with Gasteiger partial charge in [0.05, 0.1) is 10.5 Å². The monoisotopic (exact) mass is 309 g/mol. The van der Waals surface area contributed by atoms with E-state index in [4.69, 9.17) is 0 Å². The maximum atomic E-state index is 4.26. The Kier molecular flexibility index (Phi) is 3.11. The quantitative estimate of drug-likeness (QED) is 0.917. The Balaban J connectivity index is 1.86. The van der Waals surface area contributed by atoms with E-state index in [1.165, 1.54) is 29.7 Å². The first-order chi connectivity index (χ1) is 8.34. The van der Waals surface area contributed by atoms with Crippen molar-refractivity contribution in [1.82, 2.24) is 9.97 Å². The molecule has 0 saturated carbocycles. The van der Waals surface area contributed by atoms with Gasteiger partial charge in [0.2, 0.25) is 0 Å². The van der Waals surface area contributed by atoms with E-state index in [9.17, 15) is 0 Å². The largest absolute Gasteiger partial charge is 0.362 e. The second kappa shape index (κ2) is 4.74. The second-order valence-electron chi connectivity index (χ2n) is 4.11. The molecule has 0 amide bonds. The Morgan fingerprint density at radius 3 is 3.29 bits per heavy atom. The van der Waals surface area contributed by atoms with Crippen LogP contribution in [0.15, 0.2) is 28.4 Å². The van der Waals surface area contributed by atoms with E-state index in [0.29, 0.717) is 6.04 Å². The van der Waals surface area contributed by atoms with E-state index in [0.717, 1.165) is 10.3 Å². The van der Waals surface area contributed by atoms with Gasteiger partial charge < -0.3 is 5.32 Å². The molecule has 1 N–H and O–H groups in total. The third-order valence-corrected chi connectivity index (χ3v) is 4.61. The molecule has 3 nitrogen and oxygen atoms in total. The first-order valence-electron chi connectivity index (χ1n) is 5.63. The van der Waals surface area contributed by atoms with Gasteiger partial charge in [0, 0.05) is 11.1 Å². The summed E-state index contributed by atoms with van der Waals surface area (Å²) in [6.07, 6.45) is 6.97. The number of nitrogens with zero attached hydrogens (tertiary/aromatic N) is 2. The fraction of sp³-hybridized carbons (Fsp3) is 0.333. The minimum Gasteiger partial charge on any atom is -0.362 e. The van der Waals surface area contributed by atoms with Gasteiger partial charge in [-0.25, -0.2) is 9.97 Å². The zero-order valence-electron chi connectivity index (χ0n) is 9.19. The van der Waals surface area contributed by atoms with Crippen molar-refractivity contribution in [3.05, 3.63) is 38.9 Å². The van der Waals surface area contributed by atoms with E-state index >= 15 is 0 Å². The second-order valence-corrected chi connectivity index (χ2v) is 5.96. The fourth-order valence-electron chi connectivity index (χ4n) is 2.22. The van der Waals surface area contributed by atoms with Crippen molar-refractivity contribution in [2.75, 3.05) is 5.32 Å². The van der Waals surface area contributed by atoms with Crippen LogP contribution in [0.5, 0.6) is 0 Å². The van der Waals surface area contributed by atoms with Crippen molar-refractivity contribution in [3.8, 4) is 0 Å². The van der Waals surface area contributed by atoms with Gasteiger partial charge in [-0.2, -0.15) is 0 Å². The molecule has 1 aliphatic rings. The van der Waals surface area contributed by atoms with Crippen LogP contribution in [0, 0.1) is 0 Å². The third kappa shape index (κ3) is 2.21. The highest BCUT2D eigenvalue weighted by Gasteiger charge is 2.21. The molecule has 17 heavy (non-hydrogen) atoms. The zero-order valence-corrected chi connectivity index (χ0v) is 11.6. The molecule has 2 aromatic heterocycles. The van der Waals surface area contributed by atoms with Crippen LogP contribution < -0.4 is 5.32 Å². The lowest BCUT2D eigenvalue weighted by atomic mass is 9.94. The van der Waals surface area contributed by atoms with Crippen molar-refractivity contribution < 1.29 is 0 Å². The molecule has 0 radical (unpaired) electrons. The zero-order chi connectivity index (χ0) is 11.7. The molecule has 0 aliphatic heterocycles. The summed E-state index contributed by atoms with van der Waals surface area (Å²) in [7, 11) is 0. The highest BCUT2D eigenvalue weighted by Crippen LogP contribution is 2.36. The third-order valence-electron chi connectivity index (χ3n) is 3.03. The number of anilines is 1. The summed E-state index contributed by atoms with van der Waals surface area (Å²) < 4.78 is 0.919. The molecule has 1 atom stereocenters. The average Bonchev–Trinajstić information content (AvgIpc) is 2.81. The van der Waals surface area contributed by atoms with Gasteiger partial charge in [-0.1, -0.05) is 0 Å². The molecule has 2 aromatic rings. The molecule has 5 heteroatoms. The van der Waals surface area contributed by atoms with Crippen LogP contribution in [0.25, 0.3) is 0 Å². The molecule has 0 bridgehead atoms. The number of halogens is 1. The Labute approximate surface area is 112 Å². The number of aromatic nitrogens is 2. The Morgan fingerprint density at radius 1 is 1.47 bits per heavy atom. The lowest BCUT2D eigenvalue weighted by molar-refractivity contribution is 0.606. The van der Waals surface area contributed by atoms with Crippen molar-refractivity contribution in [2.24, 2.45) is 0 Å². The van der Waals surface area contributed by atoms with Crippen LogP contribution >= 0.6 is 27.3 Å². The van der Waals surface area contributed by atoms with Crippen LogP contribution in [0.1, 0.15) is 29.3 Å². The van der Waals surface area contributed by atoms with Gasteiger partial charge >= 0.3 is 0 Å². The molecule has 0 fully saturated rings. The van der Waals surface area contributed by atoms with Crippen molar-refractivity contribution in [2.45, 2.75) is 25.3 Å². The molecule has 0 aromatic carbocycles. The molecular formula is C12H12BrN3S. The molecule has 1 unspecified atom stereocenters. The van der Waals surface area contributed by atoms with E-state index in [-0.39, 0.29) is 0 Å². The number of hydrogen-bond acceptors (Lipinski definition) is 4. The molecular weight excluding hydrogens is 298 g/mol. The summed E-state index contributed by atoms with van der Waals surface area (Å²) in [6.45, 7) is 0. The maximum Gasteiger partial charge on any atom is 0.144 e. The number of hydrogen-bond donors (Lipinski definition) is 1. The predicted molar refractivity (Wildman–Crippen MR) is 73.4 cm³/mol. The summed E-state index contributed by atoms with van der Waals surface area (Å²) in [6, 6.07) is 2.61. The molecule has 1 aliphatic carbocycles. The molecule has 0 saturated heterocycles. The average molecular weight is 310 g/mol. The number of rotatable bonds is 2. The summed E-state index contributed by atoms with van der Waals surface area (Å²) in [4.78, 5) is 9.75. The predicted octanol–water partition coefficient (Wildman–Crippen LogP) is 3.79. The highest BCUT2D eigenvalue weighted by molar-refractivity contribution is 9.10. The Morgan fingerprint density at radius 2 is 2.41 bits per heavy atom. The van der Waals surface area contributed by atoms with Crippen LogP contribution in [-0.4, -0.2) is 9.97 Å². The molecule has 0 spiro atoms. The first-order valence-corrected chi connectivity index (χ1v) is 7.30. The lowest BCUT2D eigenvalue weighted by Gasteiger charge is -2.24. The topological polar surface area (TPSA) is 37.8 Å². The van der Waals surface area contributed by atoms with Gasteiger partial charge in [-0.3, -0.25) is 0 Å². The van der Waals surface area contributed by atoms with Crippen LogP contribution in [0.3, 0.4) is 0 Å². The Bertz CT molecular complexity index is 526. The smallest absolute Gasteiger partial charge is 0.144 e. The van der Waals surface area contributed by atoms with Crippen molar-refractivity contribution in [1.29, 1.82) is 0 Å². The summed E-state index contributed by atoms with van der Waals surface area (Å²) in [5.41, 5.74) is 1.44. The summed E-state index contributed by atoms with van der Waals surface area (Å²) in [5.74, 6) is 0.879. The van der Waals surface area contributed by atoms with Gasteiger partial charge in [-0.15, -0.1) is 11.3 Å². The minimum atomic E-state index is 0.385. The van der Waals surface area contributed by atoms with E-state index in [1.807, 2.05) is 11.3 Å². The maximum absolute atomic E-state index is 4.26. The Hall–Kier alpha value is -0.940. The lowest BCUT2D eigenvalue weighted by Crippen LogP contribution is -2.16. The number of nitrogens with one attached hydrogen (secondary N) is 1. The first kappa shape index (κ1) is 11.2. The normalized spacial score (nSPS) is 18.8. The fourth-order valence-corrected chi connectivity index (χ4v) is 3.54. The van der Waals surface area contributed by atoms with E-state index in [1.54, 1.807) is 12.5 Å². The van der Waals surface area contributed by atoms with E-state index in [2.05, 4.69) is 42.7 Å². The van der Waals surface area contributed by atoms with Crippen molar-refractivity contribution in [3.63, 3.8) is 0 Å². The van der Waals surface area contributed by atoms with E-state index < -0.39 is 0 Å². The minimum absolute atomic E-state index is 0.385. The highest BCUT2D eigenvalue weighted by atomic mass is 79.9. The van der Waals surface area contributed by atoms with Gasteiger partial charge in [0.1, 0.15) is 12.1 Å². The number of aryl methyl sites for hydroxylation is 1. The molecule has 88 valence electrons. The SMILES string of the molecule is Brc1cncnc1NC1CCCc2sccc21. The number of thiophene rings is 1. The summed E-state index contributed by atoms with van der Waals surface area (Å²) >= 11 is 5.33. The van der Waals surface area contributed by atoms with Crippen molar-refractivity contribution >= 4 is 33.1 Å². The van der Waals surface area contributed by atoms with Crippen LogP contribution in [0.4, 0.5) is 5.82 Å². The standard InChI is InChI=1S/C12H12BrN3S/c13-9-6-14-7-15-12(9)16-10-2-1-3-11-8(10)4-5-17-11/h4-7,10H,1-3H2,(H,14,15,16). The molecule has 3 rings (SSSR count). The number of fused-ring (bicyclic) bond motifs is 1.